The summed E-state index contributed by atoms with van der Waals surface area (Å²) in [5.74, 6) is -0.200. The number of aromatic nitrogens is 2. The molecule has 0 aliphatic carbocycles. The molecule has 1 heterocycles. The van der Waals surface area contributed by atoms with Gasteiger partial charge in [-0.05, 0) is 36.8 Å². The van der Waals surface area contributed by atoms with E-state index in [0.29, 0.717) is 5.69 Å². The highest BCUT2D eigenvalue weighted by atomic mass is 79.9. The number of para-hydroxylation sites is 1. The van der Waals surface area contributed by atoms with Crippen LogP contribution in [0, 0.1) is 6.92 Å². The third kappa shape index (κ3) is 2.56. The lowest BCUT2D eigenvalue weighted by Crippen LogP contribution is -2.13. The second kappa shape index (κ2) is 5.33. The van der Waals surface area contributed by atoms with Gasteiger partial charge in [-0.15, -0.1) is 0 Å². The van der Waals surface area contributed by atoms with Gasteiger partial charge < -0.3 is 5.32 Å². The fraction of sp³-hybridized carbons (Fsp3) is 0.125. The van der Waals surface area contributed by atoms with Crippen LogP contribution >= 0.6 is 15.9 Å². The number of benzene rings is 2. The Morgan fingerprint density at radius 3 is 2.76 bits per heavy atom. The van der Waals surface area contributed by atoms with Gasteiger partial charge >= 0.3 is 0 Å². The first-order valence-corrected chi connectivity index (χ1v) is 7.35. The fourth-order valence-electron chi connectivity index (χ4n) is 2.29. The molecule has 1 N–H and O–H groups in total. The molecule has 4 nitrogen and oxygen atoms in total. The molecule has 0 aliphatic rings. The Hall–Kier alpha value is -2.14. The zero-order valence-corrected chi connectivity index (χ0v) is 13.3. The monoisotopic (exact) mass is 343 g/mol. The van der Waals surface area contributed by atoms with E-state index in [1.54, 1.807) is 4.68 Å². The molecule has 5 heteroatoms. The second-order valence-electron chi connectivity index (χ2n) is 4.91. The standard InChI is InChI=1S/C16H14BrN3O/c1-10-9-11(7-8-13(10)17)18-16(21)15-12-5-3-4-6-14(12)20(2)19-15/h3-9H,1-2H3,(H,18,21). The number of halogens is 1. The van der Waals surface area contributed by atoms with Gasteiger partial charge in [-0.1, -0.05) is 34.1 Å². The Kier molecular flexibility index (Phi) is 3.51. The number of hydrogen-bond donors (Lipinski definition) is 1. The smallest absolute Gasteiger partial charge is 0.276 e. The lowest BCUT2D eigenvalue weighted by Gasteiger charge is -2.05. The van der Waals surface area contributed by atoms with Crippen molar-refractivity contribution in [2.75, 3.05) is 5.32 Å². The molecule has 0 atom stereocenters. The van der Waals surface area contributed by atoms with E-state index in [4.69, 9.17) is 0 Å². The first kappa shape index (κ1) is 13.8. The number of carbonyl (C=O) groups is 1. The van der Waals surface area contributed by atoms with Gasteiger partial charge in [0, 0.05) is 22.6 Å². The van der Waals surface area contributed by atoms with Crippen LogP contribution in [0.4, 0.5) is 5.69 Å². The van der Waals surface area contributed by atoms with Crippen LogP contribution in [0.1, 0.15) is 16.1 Å². The Bertz CT molecular complexity index is 839. The Morgan fingerprint density at radius 1 is 1.24 bits per heavy atom. The first-order chi connectivity index (χ1) is 10.1. The van der Waals surface area contributed by atoms with E-state index in [2.05, 4.69) is 26.3 Å². The lowest BCUT2D eigenvalue weighted by atomic mass is 10.2. The van der Waals surface area contributed by atoms with Crippen LogP contribution in [0.2, 0.25) is 0 Å². The van der Waals surface area contributed by atoms with Crippen LogP contribution in [-0.4, -0.2) is 15.7 Å². The normalized spacial score (nSPS) is 10.8. The minimum absolute atomic E-state index is 0.200. The van der Waals surface area contributed by atoms with Gasteiger partial charge in [0.15, 0.2) is 5.69 Å². The van der Waals surface area contributed by atoms with Crippen LogP contribution in [-0.2, 0) is 7.05 Å². The van der Waals surface area contributed by atoms with Crippen molar-refractivity contribution < 1.29 is 4.79 Å². The van der Waals surface area contributed by atoms with Gasteiger partial charge in [-0.25, -0.2) is 0 Å². The highest BCUT2D eigenvalue weighted by Gasteiger charge is 2.15. The highest BCUT2D eigenvalue weighted by Crippen LogP contribution is 2.22. The predicted octanol–water partition coefficient (Wildman–Crippen LogP) is 3.90. The molecule has 2 aromatic carbocycles. The lowest BCUT2D eigenvalue weighted by molar-refractivity contribution is 0.102. The van der Waals surface area contributed by atoms with Crippen molar-refractivity contribution in [3.05, 3.63) is 58.2 Å². The SMILES string of the molecule is Cc1cc(NC(=O)c2nn(C)c3ccccc23)ccc1Br. The average Bonchev–Trinajstić information content (AvgIpc) is 2.81. The molecule has 0 radical (unpaired) electrons. The van der Waals surface area contributed by atoms with Crippen LogP contribution in [0.15, 0.2) is 46.9 Å². The van der Waals surface area contributed by atoms with Gasteiger partial charge in [-0.3, -0.25) is 9.48 Å². The third-order valence-corrected chi connectivity index (χ3v) is 4.28. The Labute approximate surface area is 130 Å². The molecule has 21 heavy (non-hydrogen) atoms. The maximum Gasteiger partial charge on any atom is 0.276 e. The van der Waals surface area contributed by atoms with Crippen molar-refractivity contribution in [1.29, 1.82) is 0 Å². The van der Waals surface area contributed by atoms with Crippen LogP contribution < -0.4 is 5.32 Å². The van der Waals surface area contributed by atoms with Crippen LogP contribution in [0.25, 0.3) is 10.9 Å². The molecule has 3 aromatic rings. The number of carbonyl (C=O) groups excluding carboxylic acids is 1. The van der Waals surface area contributed by atoms with Crippen LogP contribution in [0.3, 0.4) is 0 Å². The van der Waals surface area contributed by atoms with Crippen molar-refractivity contribution in [3.63, 3.8) is 0 Å². The number of nitrogens with zero attached hydrogens (tertiary/aromatic N) is 2. The summed E-state index contributed by atoms with van der Waals surface area (Å²) in [7, 11) is 1.84. The van der Waals surface area contributed by atoms with Crippen molar-refractivity contribution in [3.8, 4) is 0 Å². The maximum absolute atomic E-state index is 12.4. The van der Waals surface area contributed by atoms with Crippen molar-refractivity contribution >= 4 is 38.4 Å². The Balaban J connectivity index is 1.95. The first-order valence-electron chi connectivity index (χ1n) is 6.55. The van der Waals surface area contributed by atoms with Crippen molar-refractivity contribution in [2.24, 2.45) is 7.05 Å². The zero-order valence-electron chi connectivity index (χ0n) is 11.7. The summed E-state index contributed by atoms with van der Waals surface area (Å²) in [4.78, 5) is 12.4. The molecule has 0 unspecified atom stereocenters. The third-order valence-electron chi connectivity index (χ3n) is 3.39. The summed E-state index contributed by atoms with van der Waals surface area (Å²) in [6, 6.07) is 13.4. The van der Waals surface area contributed by atoms with E-state index in [0.717, 1.165) is 26.6 Å². The molecule has 106 valence electrons. The van der Waals surface area contributed by atoms with E-state index < -0.39 is 0 Å². The summed E-state index contributed by atoms with van der Waals surface area (Å²) in [5, 5.41) is 8.07. The number of nitrogens with one attached hydrogen (secondary N) is 1. The number of hydrogen-bond acceptors (Lipinski definition) is 2. The number of fused-ring (bicyclic) bond motifs is 1. The predicted molar refractivity (Wildman–Crippen MR) is 87.5 cm³/mol. The minimum Gasteiger partial charge on any atom is -0.321 e. The van der Waals surface area contributed by atoms with Gasteiger partial charge in [-0.2, -0.15) is 5.10 Å². The van der Waals surface area contributed by atoms with Gasteiger partial charge in [0.2, 0.25) is 0 Å². The highest BCUT2D eigenvalue weighted by molar-refractivity contribution is 9.10. The summed E-state index contributed by atoms with van der Waals surface area (Å²) in [6.45, 7) is 1.98. The zero-order chi connectivity index (χ0) is 15.0. The minimum atomic E-state index is -0.200. The van der Waals surface area contributed by atoms with E-state index >= 15 is 0 Å². The summed E-state index contributed by atoms with van der Waals surface area (Å²) >= 11 is 3.45. The summed E-state index contributed by atoms with van der Waals surface area (Å²) < 4.78 is 2.74. The quantitative estimate of drug-likeness (QED) is 0.767. The number of rotatable bonds is 2. The van der Waals surface area contributed by atoms with Gasteiger partial charge in [0.25, 0.3) is 5.91 Å². The van der Waals surface area contributed by atoms with E-state index in [1.807, 2.05) is 56.4 Å². The van der Waals surface area contributed by atoms with E-state index in [-0.39, 0.29) is 5.91 Å². The molecule has 0 fully saturated rings. The summed E-state index contributed by atoms with van der Waals surface area (Å²) in [6.07, 6.45) is 0. The molecule has 1 aromatic heterocycles. The molecule has 1 amide bonds. The maximum atomic E-state index is 12.4. The van der Waals surface area contributed by atoms with Crippen molar-refractivity contribution in [2.45, 2.75) is 6.92 Å². The molecular formula is C16H14BrN3O. The molecule has 0 saturated heterocycles. The molecule has 0 aliphatic heterocycles. The largest absolute Gasteiger partial charge is 0.321 e. The fourth-order valence-corrected chi connectivity index (χ4v) is 2.54. The topological polar surface area (TPSA) is 46.9 Å². The van der Waals surface area contributed by atoms with E-state index in [9.17, 15) is 4.79 Å². The summed E-state index contributed by atoms with van der Waals surface area (Å²) in [5.41, 5.74) is 3.21. The number of aryl methyl sites for hydroxylation is 2. The molecule has 0 bridgehead atoms. The number of anilines is 1. The molecular weight excluding hydrogens is 330 g/mol. The van der Waals surface area contributed by atoms with Crippen LogP contribution in [0.5, 0.6) is 0 Å². The van der Waals surface area contributed by atoms with Crippen molar-refractivity contribution in [1.82, 2.24) is 9.78 Å². The van der Waals surface area contributed by atoms with E-state index in [1.165, 1.54) is 0 Å². The van der Waals surface area contributed by atoms with Gasteiger partial charge in [0.1, 0.15) is 0 Å². The molecule has 3 rings (SSSR count). The van der Waals surface area contributed by atoms with Gasteiger partial charge in [0.05, 0.1) is 5.52 Å². The Morgan fingerprint density at radius 2 is 2.00 bits per heavy atom. The molecule has 0 saturated carbocycles. The average molecular weight is 344 g/mol. The molecule has 0 spiro atoms. The second-order valence-corrected chi connectivity index (χ2v) is 5.76. The number of amides is 1.